The minimum atomic E-state index is -3.46. The van der Waals surface area contributed by atoms with Crippen molar-refractivity contribution in [2.45, 2.75) is 44.6 Å². The van der Waals surface area contributed by atoms with Gasteiger partial charge in [-0.1, -0.05) is 34.1 Å². The predicted octanol–water partition coefficient (Wildman–Crippen LogP) is 4.68. The minimum absolute atomic E-state index is 0.205. The van der Waals surface area contributed by atoms with Crippen LogP contribution in [-0.4, -0.2) is 83.4 Å². The molecule has 2 N–H and O–H groups in total. The first-order valence-electron chi connectivity index (χ1n) is 12.1. The molecule has 0 radical (unpaired) electrons. The molecule has 0 saturated heterocycles. The summed E-state index contributed by atoms with van der Waals surface area (Å²) in [6, 6.07) is 0. The van der Waals surface area contributed by atoms with Crippen molar-refractivity contribution in [2.24, 2.45) is 22.1 Å². The van der Waals surface area contributed by atoms with Gasteiger partial charge in [-0.15, -0.1) is 0 Å². The standard InChI is InChI=1S/C9H12ClO4P.C7H14N2O4S.C7H14N2O2S/c1-12-15(11,13-2)14-9-7-5-3-4-6(7)8(9)10;1-5(6(2)14(4,11)12)9-13-7(10)8-3;1-5(6(2)12-4)9-11-7(10)8-3/h3-4,6-7H,5H2,1-2H3;6H,1-4H3,(H,8,10);6H,1-4H3,(H,8,10)/b;2*9-5+. The highest BCUT2D eigenvalue weighted by Crippen LogP contribution is 2.58. The summed E-state index contributed by atoms with van der Waals surface area (Å²) in [7, 11) is -1.23. The summed E-state index contributed by atoms with van der Waals surface area (Å²) in [5.74, 6) is 0.971. The lowest BCUT2D eigenvalue weighted by Crippen LogP contribution is -2.25. The number of allylic oxidation sites excluding steroid dienone is 4. The van der Waals surface area contributed by atoms with Gasteiger partial charge in [0.1, 0.15) is 5.76 Å². The summed E-state index contributed by atoms with van der Waals surface area (Å²) in [5.41, 5.74) is 1.03. The Morgan fingerprint density at radius 3 is 1.98 bits per heavy atom. The number of nitrogens with one attached hydrogen (secondary N) is 2. The number of amides is 2. The lowest BCUT2D eigenvalue weighted by Gasteiger charge is -2.34. The van der Waals surface area contributed by atoms with Crippen molar-refractivity contribution in [1.29, 1.82) is 0 Å². The maximum atomic E-state index is 11.7. The molecule has 41 heavy (non-hydrogen) atoms. The second-order valence-corrected chi connectivity index (χ2v) is 14.2. The lowest BCUT2D eigenvalue weighted by atomic mass is 9.82. The fourth-order valence-electron chi connectivity index (χ4n) is 2.76. The number of sulfone groups is 1. The Hall–Kier alpha value is -2.10. The number of fused-ring (bicyclic) bond motifs is 1. The fraction of sp³-hybridized carbons (Fsp3) is 0.652. The van der Waals surface area contributed by atoms with Crippen LogP contribution in [0.15, 0.2) is 33.3 Å². The van der Waals surface area contributed by atoms with Crippen LogP contribution in [0, 0.1) is 11.8 Å². The number of hydrogen-bond acceptors (Lipinski definition) is 13. The van der Waals surface area contributed by atoms with Crippen molar-refractivity contribution < 1.29 is 45.8 Å². The van der Waals surface area contributed by atoms with Crippen molar-refractivity contribution in [3.8, 4) is 0 Å². The first kappa shape index (κ1) is 38.9. The van der Waals surface area contributed by atoms with Crippen LogP contribution in [-0.2, 0) is 37.6 Å². The molecule has 0 aromatic carbocycles. The topological polar surface area (TPSA) is 180 Å². The van der Waals surface area contributed by atoms with Gasteiger partial charge in [0.2, 0.25) is 0 Å². The third-order valence-electron chi connectivity index (χ3n) is 5.81. The maximum Gasteiger partial charge on any atom is 0.529 e. The number of rotatable bonds is 10. The molecule has 2 aliphatic carbocycles. The molecule has 0 aromatic rings. The number of phosphoric ester groups is 1. The maximum absolute atomic E-state index is 11.7. The molecule has 236 valence electrons. The third kappa shape index (κ3) is 13.2. The van der Waals surface area contributed by atoms with Gasteiger partial charge in [-0.3, -0.25) is 18.7 Å². The summed E-state index contributed by atoms with van der Waals surface area (Å²) >= 11 is 7.66. The molecule has 2 amide bonds. The van der Waals surface area contributed by atoms with Gasteiger partial charge >= 0.3 is 20.0 Å². The number of oxime groups is 2. The Morgan fingerprint density at radius 1 is 1.07 bits per heavy atom. The Bertz CT molecular complexity index is 1170. The minimum Gasteiger partial charge on any atom is -0.407 e. The average molecular weight is 663 g/mol. The van der Waals surface area contributed by atoms with E-state index in [1.165, 1.54) is 42.2 Å². The molecule has 2 aliphatic rings. The van der Waals surface area contributed by atoms with E-state index in [1.54, 1.807) is 11.8 Å². The second kappa shape index (κ2) is 18.4. The monoisotopic (exact) mass is 662 g/mol. The number of nitrogens with zero attached hydrogens (tertiary/aromatic N) is 2. The fourth-order valence-corrected chi connectivity index (χ4v) is 5.03. The molecule has 0 fully saturated rings. The van der Waals surface area contributed by atoms with Crippen LogP contribution in [0.3, 0.4) is 0 Å². The van der Waals surface area contributed by atoms with Crippen LogP contribution >= 0.6 is 31.2 Å². The Balaban J connectivity index is 0.000000590. The van der Waals surface area contributed by atoms with Crippen molar-refractivity contribution in [2.75, 3.05) is 40.8 Å². The first-order chi connectivity index (χ1) is 19.0. The zero-order chi connectivity index (χ0) is 32.0. The molecule has 18 heteroatoms. The van der Waals surface area contributed by atoms with Crippen LogP contribution < -0.4 is 10.6 Å². The van der Waals surface area contributed by atoms with E-state index in [9.17, 15) is 22.6 Å². The third-order valence-corrected chi connectivity index (χ3v) is 10.2. The Morgan fingerprint density at radius 2 is 1.56 bits per heavy atom. The van der Waals surface area contributed by atoms with Gasteiger partial charge in [-0.05, 0) is 40.4 Å². The van der Waals surface area contributed by atoms with Crippen LogP contribution in [0.5, 0.6) is 0 Å². The highest BCUT2D eigenvalue weighted by atomic mass is 35.5. The van der Waals surface area contributed by atoms with Crippen molar-refractivity contribution in [3.05, 3.63) is 22.9 Å². The number of halogens is 1. The summed E-state index contributed by atoms with van der Waals surface area (Å²) in [4.78, 5) is 30.0. The molecule has 0 heterocycles. The van der Waals surface area contributed by atoms with Gasteiger partial charge in [0.25, 0.3) is 0 Å². The number of carbonyl (C=O) groups excluding carboxylic acids is 2. The molecule has 14 nitrogen and oxygen atoms in total. The van der Waals surface area contributed by atoms with Gasteiger partial charge in [-0.2, -0.15) is 11.8 Å². The molecule has 0 aliphatic heterocycles. The van der Waals surface area contributed by atoms with E-state index < -0.39 is 35.1 Å². The van der Waals surface area contributed by atoms with Crippen LogP contribution in [0.1, 0.15) is 34.1 Å². The molecule has 0 saturated carbocycles. The zero-order valence-corrected chi connectivity index (χ0v) is 28.1. The van der Waals surface area contributed by atoms with Gasteiger partial charge in [0.15, 0.2) is 9.84 Å². The van der Waals surface area contributed by atoms with E-state index >= 15 is 0 Å². The van der Waals surface area contributed by atoms with E-state index in [0.717, 1.165) is 18.4 Å². The molecule has 0 aromatic heterocycles. The first-order valence-corrected chi connectivity index (χ1v) is 17.1. The summed E-state index contributed by atoms with van der Waals surface area (Å²) in [6.45, 7) is 6.77. The second-order valence-electron chi connectivity index (χ2n) is 8.48. The molecular formula is C23H40ClN4O10PS2. The zero-order valence-electron chi connectivity index (χ0n) is 24.8. The number of carbonyl (C=O) groups is 2. The largest absolute Gasteiger partial charge is 0.529 e. The van der Waals surface area contributed by atoms with Crippen molar-refractivity contribution >= 4 is 64.6 Å². The van der Waals surface area contributed by atoms with E-state index in [4.69, 9.17) is 16.1 Å². The van der Waals surface area contributed by atoms with Gasteiger partial charge < -0.3 is 15.2 Å². The van der Waals surface area contributed by atoms with Crippen molar-refractivity contribution in [3.63, 3.8) is 0 Å². The van der Waals surface area contributed by atoms with E-state index in [0.29, 0.717) is 10.8 Å². The smallest absolute Gasteiger partial charge is 0.407 e. The average Bonchev–Trinajstić information content (AvgIpc) is 3.41. The van der Waals surface area contributed by atoms with E-state index in [-0.39, 0.29) is 22.8 Å². The SMILES string of the molecule is CNC(=O)O/N=C(\C)C(C)S(C)(=O)=O.CNC(=O)O/N=C(\C)C(C)SC.COP(=O)(OC)OC1=C(Cl)C2C=CCC12. The van der Waals surface area contributed by atoms with Crippen LogP contribution in [0.4, 0.5) is 9.59 Å². The highest BCUT2D eigenvalue weighted by Gasteiger charge is 2.45. The quantitative estimate of drug-likeness (QED) is 0.109. The number of thioether (sulfide) groups is 1. The molecular weight excluding hydrogens is 623 g/mol. The molecule has 4 unspecified atom stereocenters. The molecule has 0 spiro atoms. The van der Waals surface area contributed by atoms with E-state index in [1.807, 2.05) is 32.3 Å². The van der Waals surface area contributed by atoms with Gasteiger partial charge in [0.05, 0.1) is 21.7 Å². The van der Waals surface area contributed by atoms with Gasteiger partial charge in [0, 0.05) is 51.7 Å². The lowest BCUT2D eigenvalue weighted by molar-refractivity contribution is 0.152. The van der Waals surface area contributed by atoms with Gasteiger partial charge in [-0.25, -0.2) is 22.6 Å². The summed E-state index contributed by atoms with van der Waals surface area (Å²) in [6.07, 6.45) is 6.74. The predicted molar refractivity (Wildman–Crippen MR) is 161 cm³/mol. The summed E-state index contributed by atoms with van der Waals surface area (Å²) < 4.78 is 48.4. The number of hydrogen-bond donors (Lipinski definition) is 2. The highest BCUT2D eigenvalue weighted by molar-refractivity contribution is 7.99. The Labute approximate surface area is 251 Å². The van der Waals surface area contributed by atoms with Crippen LogP contribution in [0.25, 0.3) is 0 Å². The van der Waals surface area contributed by atoms with Crippen molar-refractivity contribution in [1.82, 2.24) is 10.6 Å². The molecule has 0 bridgehead atoms. The van der Waals surface area contributed by atoms with Crippen LogP contribution in [0.2, 0.25) is 0 Å². The molecule has 2 rings (SSSR count). The molecule has 4 atom stereocenters. The normalized spacial score (nSPS) is 19.7. The van der Waals surface area contributed by atoms with E-state index in [2.05, 4.69) is 39.7 Å². The Kier molecular flexibility index (Phi) is 17.5. The number of phosphoric acid groups is 1. The summed E-state index contributed by atoms with van der Waals surface area (Å²) in [5, 5.41) is 11.6.